The zero-order valence-electron chi connectivity index (χ0n) is 11.3. The highest BCUT2D eigenvalue weighted by atomic mass is 16.5. The predicted molar refractivity (Wildman–Crippen MR) is 72.2 cm³/mol. The van der Waals surface area contributed by atoms with Gasteiger partial charge in [-0.1, -0.05) is 5.16 Å². The van der Waals surface area contributed by atoms with E-state index < -0.39 is 0 Å². The molecule has 1 atom stereocenters. The zero-order valence-corrected chi connectivity index (χ0v) is 11.3. The Hall–Kier alpha value is -2.42. The van der Waals surface area contributed by atoms with Crippen LogP contribution in [0.25, 0.3) is 0 Å². The molecule has 0 saturated carbocycles. The van der Waals surface area contributed by atoms with Gasteiger partial charge in [-0.15, -0.1) is 0 Å². The number of aromatic nitrogens is 3. The van der Waals surface area contributed by atoms with Crippen LogP contribution in [0.4, 0.5) is 5.82 Å². The summed E-state index contributed by atoms with van der Waals surface area (Å²) in [5.41, 5.74) is 0.609. The second kappa shape index (κ2) is 5.29. The molecule has 0 radical (unpaired) electrons. The topological polar surface area (TPSA) is 78.8 Å². The fourth-order valence-electron chi connectivity index (χ4n) is 2.60. The summed E-state index contributed by atoms with van der Waals surface area (Å²) in [4.78, 5) is 10.8. The van der Waals surface area contributed by atoms with Gasteiger partial charge in [0, 0.05) is 32.1 Å². The summed E-state index contributed by atoms with van der Waals surface area (Å²) >= 11 is 0. The summed E-state index contributed by atoms with van der Waals surface area (Å²) in [6, 6.07) is 5.78. The lowest BCUT2D eigenvalue weighted by atomic mass is 9.97. The molecule has 20 heavy (non-hydrogen) atoms. The number of anilines is 1. The quantitative estimate of drug-likeness (QED) is 0.830. The fraction of sp³-hybridized carbons (Fsp3) is 0.429. The lowest BCUT2D eigenvalue weighted by Gasteiger charge is -2.32. The van der Waals surface area contributed by atoms with Crippen LogP contribution in [-0.4, -0.2) is 28.2 Å². The monoisotopic (exact) mass is 269 g/mol. The summed E-state index contributed by atoms with van der Waals surface area (Å²) in [6.07, 6.45) is 3.78. The van der Waals surface area contributed by atoms with Gasteiger partial charge in [0.05, 0.1) is 5.56 Å². The van der Waals surface area contributed by atoms with Crippen LogP contribution < -0.4 is 4.90 Å². The molecule has 0 bridgehead atoms. The largest absolute Gasteiger partial charge is 0.355 e. The average molecular weight is 269 g/mol. The van der Waals surface area contributed by atoms with Crippen LogP contribution in [0.1, 0.15) is 36.0 Å². The number of rotatable bonds is 2. The summed E-state index contributed by atoms with van der Waals surface area (Å²) in [5.74, 6) is 2.32. The Kier molecular flexibility index (Phi) is 3.33. The molecule has 2 aromatic heterocycles. The maximum atomic E-state index is 9.18. The first-order chi connectivity index (χ1) is 9.78. The smallest absolute Gasteiger partial charge is 0.223 e. The summed E-state index contributed by atoms with van der Waals surface area (Å²) in [5, 5.41) is 13.2. The highest BCUT2D eigenvalue weighted by Gasteiger charge is 2.26. The van der Waals surface area contributed by atoms with Gasteiger partial charge >= 0.3 is 0 Å². The molecule has 1 saturated heterocycles. The van der Waals surface area contributed by atoms with Crippen LogP contribution in [0, 0.1) is 18.3 Å². The Labute approximate surface area is 117 Å². The molecule has 0 aromatic carbocycles. The molecule has 2 aromatic rings. The third-order valence-electron chi connectivity index (χ3n) is 3.54. The van der Waals surface area contributed by atoms with Gasteiger partial charge in [-0.2, -0.15) is 10.2 Å². The van der Waals surface area contributed by atoms with Gasteiger partial charge < -0.3 is 9.42 Å². The summed E-state index contributed by atoms with van der Waals surface area (Å²) < 4.78 is 5.06. The molecule has 6 nitrogen and oxygen atoms in total. The molecule has 1 fully saturated rings. The maximum Gasteiger partial charge on any atom is 0.223 e. The van der Waals surface area contributed by atoms with Crippen LogP contribution >= 0.6 is 0 Å². The number of hydrogen-bond donors (Lipinski definition) is 0. The Balaban J connectivity index is 1.83. The minimum Gasteiger partial charge on any atom is -0.355 e. The molecule has 0 amide bonds. The molecule has 3 heterocycles. The van der Waals surface area contributed by atoms with Gasteiger partial charge in [0.2, 0.25) is 5.89 Å². The van der Waals surface area contributed by atoms with E-state index in [2.05, 4.69) is 26.1 Å². The first kappa shape index (κ1) is 12.6. The highest BCUT2D eigenvalue weighted by Crippen LogP contribution is 2.28. The third kappa shape index (κ3) is 2.35. The molecular formula is C14H15N5O. The Morgan fingerprint density at radius 1 is 1.50 bits per heavy atom. The van der Waals surface area contributed by atoms with Gasteiger partial charge in [0.15, 0.2) is 5.82 Å². The molecule has 102 valence electrons. The van der Waals surface area contributed by atoms with Crippen LogP contribution in [0.2, 0.25) is 0 Å². The highest BCUT2D eigenvalue weighted by molar-refractivity contribution is 5.53. The van der Waals surface area contributed by atoms with E-state index in [1.165, 1.54) is 0 Å². The Bertz CT molecular complexity index is 645. The van der Waals surface area contributed by atoms with Gasteiger partial charge in [-0.25, -0.2) is 4.98 Å². The lowest BCUT2D eigenvalue weighted by molar-refractivity contribution is 0.376. The summed E-state index contributed by atoms with van der Waals surface area (Å²) in [7, 11) is 0. The van der Waals surface area contributed by atoms with Crippen molar-refractivity contribution < 1.29 is 4.52 Å². The molecular weight excluding hydrogens is 254 g/mol. The predicted octanol–water partition coefficient (Wildman–Crippen LogP) is 2.03. The van der Waals surface area contributed by atoms with Crippen LogP contribution in [0.15, 0.2) is 22.9 Å². The van der Waals surface area contributed by atoms with E-state index in [4.69, 9.17) is 4.52 Å². The van der Waals surface area contributed by atoms with Crippen molar-refractivity contribution in [1.29, 1.82) is 5.26 Å². The number of piperidine rings is 1. The second-order valence-electron chi connectivity index (χ2n) is 4.94. The van der Waals surface area contributed by atoms with Crippen molar-refractivity contribution in [3.8, 4) is 6.07 Å². The van der Waals surface area contributed by atoms with Gasteiger partial charge in [0.25, 0.3) is 0 Å². The van der Waals surface area contributed by atoms with Gasteiger partial charge in [-0.05, 0) is 25.0 Å². The van der Waals surface area contributed by atoms with Crippen LogP contribution in [0.5, 0.6) is 0 Å². The zero-order chi connectivity index (χ0) is 13.9. The van der Waals surface area contributed by atoms with Crippen molar-refractivity contribution in [2.75, 3.05) is 18.0 Å². The molecule has 0 N–H and O–H groups in total. The minimum absolute atomic E-state index is 0.231. The number of aryl methyl sites for hydroxylation is 1. The van der Waals surface area contributed by atoms with Crippen LogP contribution in [0.3, 0.4) is 0 Å². The lowest BCUT2D eigenvalue weighted by Crippen LogP contribution is -2.35. The van der Waals surface area contributed by atoms with E-state index in [0.717, 1.165) is 37.6 Å². The molecule has 1 aliphatic rings. The number of nitriles is 1. The van der Waals surface area contributed by atoms with E-state index in [9.17, 15) is 5.26 Å². The minimum atomic E-state index is 0.231. The molecule has 1 unspecified atom stereocenters. The first-order valence-corrected chi connectivity index (χ1v) is 6.68. The first-order valence-electron chi connectivity index (χ1n) is 6.68. The third-order valence-corrected chi connectivity index (χ3v) is 3.54. The van der Waals surface area contributed by atoms with Crippen molar-refractivity contribution in [3.05, 3.63) is 35.6 Å². The average Bonchev–Trinajstić information content (AvgIpc) is 2.94. The summed E-state index contributed by atoms with van der Waals surface area (Å²) in [6.45, 7) is 3.47. The van der Waals surface area contributed by atoms with Gasteiger partial charge in [0.1, 0.15) is 11.9 Å². The van der Waals surface area contributed by atoms with Crippen molar-refractivity contribution in [2.45, 2.75) is 25.7 Å². The SMILES string of the molecule is Cc1nc(C2CCCN(c3ncccc3C#N)C2)no1. The van der Waals surface area contributed by atoms with Crippen molar-refractivity contribution in [1.82, 2.24) is 15.1 Å². The van der Waals surface area contributed by atoms with Crippen molar-refractivity contribution in [3.63, 3.8) is 0 Å². The van der Waals surface area contributed by atoms with E-state index >= 15 is 0 Å². The van der Waals surface area contributed by atoms with E-state index in [1.54, 1.807) is 25.3 Å². The van der Waals surface area contributed by atoms with E-state index in [1.807, 2.05) is 0 Å². The number of hydrogen-bond acceptors (Lipinski definition) is 6. The van der Waals surface area contributed by atoms with E-state index in [-0.39, 0.29) is 5.92 Å². The number of pyridine rings is 1. The molecule has 6 heteroatoms. The second-order valence-corrected chi connectivity index (χ2v) is 4.94. The van der Waals surface area contributed by atoms with Gasteiger partial charge in [-0.3, -0.25) is 0 Å². The molecule has 3 rings (SSSR count). The molecule has 0 spiro atoms. The fourth-order valence-corrected chi connectivity index (χ4v) is 2.60. The molecule has 0 aliphatic carbocycles. The Morgan fingerprint density at radius 2 is 2.40 bits per heavy atom. The normalized spacial score (nSPS) is 18.8. The Morgan fingerprint density at radius 3 is 3.15 bits per heavy atom. The standard InChI is InChI=1S/C14H15N5O/c1-10-17-13(18-20-10)12-5-3-7-19(9-12)14-11(8-15)4-2-6-16-14/h2,4,6,12H,3,5,7,9H2,1H3. The van der Waals surface area contributed by atoms with E-state index in [0.29, 0.717) is 11.5 Å². The van der Waals surface area contributed by atoms with Crippen molar-refractivity contribution in [2.24, 2.45) is 0 Å². The number of nitrogens with zero attached hydrogens (tertiary/aromatic N) is 5. The molecule has 1 aliphatic heterocycles. The maximum absolute atomic E-state index is 9.18. The van der Waals surface area contributed by atoms with Crippen LogP contribution in [-0.2, 0) is 0 Å². The van der Waals surface area contributed by atoms with Crippen molar-refractivity contribution >= 4 is 5.82 Å².